The van der Waals surface area contributed by atoms with E-state index in [4.69, 9.17) is 0 Å². The molecule has 3 heterocycles. The van der Waals surface area contributed by atoms with Gasteiger partial charge in [0.2, 0.25) is 0 Å². The SMILES string of the molecule is O=C(c1ccccn1)N1CCC(O)(c2ccccn2)CC1. The lowest BCUT2D eigenvalue weighted by atomic mass is 9.87. The zero-order valence-electron chi connectivity index (χ0n) is 11.6. The fourth-order valence-corrected chi connectivity index (χ4v) is 2.63. The number of nitrogens with zero attached hydrogens (tertiary/aromatic N) is 3. The topological polar surface area (TPSA) is 66.3 Å². The molecule has 0 unspecified atom stereocenters. The molecule has 3 rings (SSSR count). The highest BCUT2D eigenvalue weighted by Gasteiger charge is 2.36. The van der Waals surface area contributed by atoms with Gasteiger partial charge in [0.15, 0.2) is 0 Å². The summed E-state index contributed by atoms with van der Waals surface area (Å²) in [5, 5.41) is 10.7. The van der Waals surface area contributed by atoms with Crippen LogP contribution in [-0.4, -0.2) is 39.0 Å². The van der Waals surface area contributed by atoms with Crippen LogP contribution in [0.4, 0.5) is 0 Å². The first kappa shape index (κ1) is 13.7. The summed E-state index contributed by atoms with van der Waals surface area (Å²) in [6, 6.07) is 10.8. The molecule has 1 fully saturated rings. The van der Waals surface area contributed by atoms with E-state index in [1.54, 1.807) is 35.5 Å². The quantitative estimate of drug-likeness (QED) is 0.909. The lowest BCUT2D eigenvalue weighted by molar-refractivity contribution is -0.0245. The molecular weight excluding hydrogens is 266 g/mol. The van der Waals surface area contributed by atoms with Gasteiger partial charge in [-0.3, -0.25) is 14.8 Å². The van der Waals surface area contributed by atoms with Crippen molar-refractivity contribution in [1.82, 2.24) is 14.9 Å². The van der Waals surface area contributed by atoms with Crippen LogP contribution >= 0.6 is 0 Å². The monoisotopic (exact) mass is 283 g/mol. The Morgan fingerprint density at radius 1 is 1.05 bits per heavy atom. The Kier molecular flexibility index (Phi) is 3.66. The molecule has 0 spiro atoms. The van der Waals surface area contributed by atoms with Gasteiger partial charge in [-0.25, -0.2) is 0 Å². The average molecular weight is 283 g/mol. The van der Waals surface area contributed by atoms with Crippen LogP contribution in [0.2, 0.25) is 0 Å². The number of likely N-dealkylation sites (tertiary alicyclic amines) is 1. The molecule has 1 saturated heterocycles. The summed E-state index contributed by atoms with van der Waals surface area (Å²) in [5.74, 6) is -0.0846. The van der Waals surface area contributed by atoms with Crippen molar-refractivity contribution in [1.29, 1.82) is 0 Å². The molecule has 0 bridgehead atoms. The van der Waals surface area contributed by atoms with E-state index >= 15 is 0 Å². The number of rotatable bonds is 2. The highest BCUT2D eigenvalue weighted by molar-refractivity contribution is 5.92. The second-order valence-electron chi connectivity index (χ2n) is 5.25. The minimum Gasteiger partial charge on any atom is -0.383 e. The molecule has 5 nitrogen and oxygen atoms in total. The Bertz CT molecular complexity index is 608. The Morgan fingerprint density at radius 3 is 2.29 bits per heavy atom. The lowest BCUT2D eigenvalue weighted by Crippen LogP contribution is -2.45. The molecule has 2 aromatic rings. The van der Waals surface area contributed by atoms with Crippen LogP contribution in [0.5, 0.6) is 0 Å². The largest absolute Gasteiger partial charge is 0.383 e. The van der Waals surface area contributed by atoms with Crippen LogP contribution in [0.15, 0.2) is 48.8 Å². The van der Waals surface area contributed by atoms with E-state index in [2.05, 4.69) is 9.97 Å². The minimum atomic E-state index is -0.942. The van der Waals surface area contributed by atoms with Gasteiger partial charge in [-0.1, -0.05) is 12.1 Å². The molecule has 1 amide bonds. The molecule has 0 saturated carbocycles. The Balaban J connectivity index is 1.69. The van der Waals surface area contributed by atoms with Crippen molar-refractivity contribution in [3.63, 3.8) is 0 Å². The van der Waals surface area contributed by atoms with Gasteiger partial charge >= 0.3 is 0 Å². The Labute approximate surface area is 123 Å². The molecule has 21 heavy (non-hydrogen) atoms. The Hall–Kier alpha value is -2.27. The highest BCUT2D eigenvalue weighted by Crippen LogP contribution is 2.31. The normalized spacial score (nSPS) is 17.5. The fraction of sp³-hybridized carbons (Fsp3) is 0.312. The lowest BCUT2D eigenvalue weighted by Gasteiger charge is -2.37. The van der Waals surface area contributed by atoms with Gasteiger partial charge in [0.1, 0.15) is 11.3 Å². The van der Waals surface area contributed by atoms with Crippen LogP contribution in [-0.2, 0) is 5.60 Å². The summed E-state index contributed by atoms with van der Waals surface area (Å²) in [7, 11) is 0. The predicted molar refractivity (Wildman–Crippen MR) is 77.5 cm³/mol. The average Bonchev–Trinajstić information content (AvgIpc) is 2.57. The smallest absolute Gasteiger partial charge is 0.272 e. The summed E-state index contributed by atoms with van der Waals surface area (Å²) >= 11 is 0. The minimum absolute atomic E-state index is 0.0846. The molecule has 1 aliphatic heterocycles. The molecule has 0 aromatic carbocycles. The number of pyridine rings is 2. The summed E-state index contributed by atoms with van der Waals surface area (Å²) in [6.07, 6.45) is 4.27. The van der Waals surface area contributed by atoms with Gasteiger partial charge in [-0.05, 0) is 37.1 Å². The van der Waals surface area contributed by atoms with Gasteiger partial charge in [-0.2, -0.15) is 0 Å². The molecule has 1 aliphatic rings. The van der Waals surface area contributed by atoms with E-state index in [1.165, 1.54) is 0 Å². The maximum Gasteiger partial charge on any atom is 0.272 e. The van der Waals surface area contributed by atoms with Crippen LogP contribution < -0.4 is 0 Å². The van der Waals surface area contributed by atoms with E-state index in [0.717, 1.165) is 0 Å². The van der Waals surface area contributed by atoms with E-state index in [1.807, 2.05) is 18.2 Å². The van der Waals surface area contributed by atoms with Gasteiger partial charge in [0.25, 0.3) is 5.91 Å². The first-order chi connectivity index (χ1) is 10.2. The zero-order valence-corrected chi connectivity index (χ0v) is 11.6. The van der Waals surface area contributed by atoms with E-state index in [-0.39, 0.29) is 5.91 Å². The van der Waals surface area contributed by atoms with Crippen molar-refractivity contribution in [3.8, 4) is 0 Å². The number of aromatic nitrogens is 2. The van der Waals surface area contributed by atoms with E-state index < -0.39 is 5.60 Å². The van der Waals surface area contributed by atoms with Crippen molar-refractivity contribution in [2.45, 2.75) is 18.4 Å². The number of piperidine rings is 1. The van der Waals surface area contributed by atoms with Gasteiger partial charge in [0.05, 0.1) is 5.69 Å². The maximum absolute atomic E-state index is 12.3. The third-order valence-electron chi connectivity index (χ3n) is 3.90. The molecule has 0 radical (unpaired) electrons. The molecule has 1 N–H and O–H groups in total. The molecular formula is C16H17N3O2. The number of carbonyl (C=O) groups excluding carboxylic acids is 1. The van der Waals surface area contributed by atoms with Crippen LogP contribution in [0.3, 0.4) is 0 Å². The molecule has 2 aromatic heterocycles. The fourth-order valence-electron chi connectivity index (χ4n) is 2.63. The number of hydrogen-bond acceptors (Lipinski definition) is 4. The highest BCUT2D eigenvalue weighted by atomic mass is 16.3. The van der Waals surface area contributed by atoms with E-state index in [9.17, 15) is 9.90 Å². The summed E-state index contributed by atoms with van der Waals surface area (Å²) in [4.78, 5) is 22.4. The van der Waals surface area contributed by atoms with Crippen molar-refractivity contribution in [2.75, 3.05) is 13.1 Å². The van der Waals surface area contributed by atoms with Gasteiger partial charge < -0.3 is 10.0 Å². The van der Waals surface area contributed by atoms with E-state index in [0.29, 0.717) is 37.3 Å². The van der Waals surface area contributed by atoms with Crippen molar-refractivity contribution < 1.29 is 9.90 Å². The zero-order chi connectivity index (χ0) is 14.7. The molecule has 5 heteroatoms. The standard InChI is InChI=1S/C16H17N3O2/c20-15(13-5-1-3-9-17-13)19-11-7-16(21,8-12-19)14-6-2-4-10-18-14/h1-6,9-10,21H,7-8,11-12H2. The van der Waals surface area contributed by atoms with Crippen LogP contribution in [0.1, 0.15) is 29.0 Å². The van der Waals surface area contributed by atoms with Crippen molar-refractivity contribution >= 4 is 5.91 Å². The third kappa shape index (κ3) is 2.78. The number of carbonyl (C=O) groups is 1. The van der Waals surface area contributed by atoms with Crippen molar-refractivity contribution in [2.24, 2.45) is 0 Å². The van der Waals surface area contributed by atoms with Gasteiger partial charge in [-0.15, -0.1) is 0 Å². The summed E-state index contributed by atoms with van der Waals surface area (Å²) < 4.78 is 0. The molecule has 108 valence electrons. The van der Waals surface area contributed by atoms with Gasteiger partial charge in [0, 0.05) is 25.5 Å². The molecule has 0 aliphatic carbocycles. The molecule has 0 atom stereocenters. The van der Waals surface area contributed by atoms with Crippen LogP contribution in [0, 0.1) is 0 Å². The second-order valence-corrected chi connectivity index (χ2v) is 5.25. The first-order valence-electron chi connectivity index (χ1n) is 7.03. The predicted octanol–water partition coefficient (Wildman–Crippen LogP) is 1.60. The maximum atomic E-state index is 12.3. The first-order valence-corrected chi connectivity index (χ1v) is 7.03. The summed E-state index contributed by atoms with van der Waals surface area (Å²) in [5.41, 5.74) is 0.179. The van der Waals surface area contributed by atoms with Crippen molar-refractivity contribution in [3.05, 3.63) is 60.2 Å². The third-order valence-corrected chi connectivity index (χ3v) is 3.90. The second kappa shape index (κ2) is 5.61. The number of amides is 1. The number of hydrogen-bond donors (Lipinski definition) is 1. The summed E-state index contributed by atoms with van der Waals surface area (Å²) in [6.45, 7) is 1.00. The Morgan fingerprint density at radius 2 is 1.71 bits per heavy atom. The van der Waals surface area contributed by atoms with Crippen LogP contribution in [0.25, 0.3) is 0 Å². The number of aliphatic hydroxyl groups is 1.